The molecule has 0 aliphatic carbocycles. The molecule has 0 aliphatic heterocycles. The molecule has 0 saturated heterocycles. The van der Waals surface area contributed by atoms with Gasteiger partial charge in [0, 0.05) is 11.8 Å². The molecule has 0 fully saturated rings. The first-order valence-electron chi connectivity index (χ1n) is 5.89. The van der Waals surface area contributed by atoms with E-state index in [1.54, 1.807) is 0 Å². The minimum atomic E-state index is -6.12. The normalized spacial score (nSPS) is 13.0. The molecular formula is C12H10F6O4S. The molecule has 0 heterocycles. The highest BCUT2D eigenvalue weighted by molar-refractivity contribution is 7.90. The molecule has 1 aromatic carbocycles. The van der Waals surface area contributed by atoms with E-state index >= 15 is 0 Å². The second-order valence-electron chi connectivity index (χ2n) is 4.39. The summed E-state index contributed by atoms with van der Waals surface area (Å²) in [6, 6.07) is -0.215. The Morgan fingerprint density at radius 3 is 2.09 bits per heavy atom. The van der Waals surface area contributed by atoms with Crippen molar-refractivity contribution in [1.29, 1.82) is 0 Å². The van der Waals surface area contributed by atoms with Crippen LogP contribution in [0.4, 0.5) is 26.3 Å². The van der Waals surface area contributed by atoms with Gasteiger partial charge >= 0.3 is 18.1 Å². The van der Waals surface area contributed by atoms with Crippen molar-refractivity contribution >= 4 is 15.8 Å². The molecule has 0 radical (unpaired) electrons. The fourth-order valence-corrected chi connectivity index (χ4v) is 2.37. The van der Waals surface area contributed by atoms with E-state index in [1.807, 2.05) is 0 Å². The number of carbonyl (C=O) groups excluding carboxylic acids is 1. The van der Waals surface area contributed by atoms with Crippen LogP contribution in [0.25, 0.3) is 0 Å². The van der Waals surface area contributed by atoms with Crippen LogP contribution in [0.1, 0.15) is 22.8 Å². The summed E-state index contributed by atoms with van der Waals surface area (Å²) in [6.07, 6.45) is -5.62. The smallest absolute Gasteiger partial charge is 0.458 e. The van der Waals surface area contributed by atoms with E-state index in [0.29, 0.717) is 6.26 Å². The maximum Gasteiger partial charge on any atom is 0.458 e. The van der Waals surface area contributed by atoms with Gasteiger partial charge in [-0.15, -0.1) is 0 Å². The maximum absolute atomic E-state index is 13.7. The number of benzene rings is 1. The molecule has 11 heteroatoms. The van der Waals surface area contributed by atoms with Crippen molar-refractivity contribution < 1.29 is 44.3 Å². The average molecular weight is 364 g/mol. The number of hydrogen-bond acceptors (Lipinski definition) is 4. The van der Waals surface area contributed by atoms with Gasteiger partial charge in [-0.2, -0.15) is 22.0 Å². The molecule has 0 amide bonds. The molecule has 4 nitrogen and oxygen atoms in total. The molecule has 0 saturated carbocycles. The molecule has 130 valence electrons. The van der Waals surface area contributed by atoms with Gasteiger partial charge in [0.2, 0.25) is 0 Å². The second kappa shape index (κ2) is 6.02. The number of alkyl halides is 5. The zero-order valence-corrected chi connectivity index (χ0v) is 12.5. The number of rotatable bonds is 4. The van der Waals surface area contributed by atoms with Crippen LogP contribution in [0.15, 0.2) is 17.0 Å². The zero-order chi connectivity index (χ0) is 18.2. The quantitative estimate of drug-likeness (QED) is 0.609. The fourth-order valence-electron chi connectivity index (χ4n) is 1.63. The summed E-state index contributed by atoms with van der Waals surface area (Å²) in [4.78, 5) is 10.4. The highest BCUT2D eigenvalue weighted by Gasteiger charge is 2.60. The SMILES string of the molecule is CCOC(=O)c1cc(S(C)(=O)=O)c(F)cc1C(F)(F)C(F)(F)F. The molecule has 0 aromatic heterocycles. The third-order valence-electron chi connectivity index (χ3n) is 2.66. The van der Waals surface area contributed by atoms with E-state index in [0.717, 1.165) is 0 Å². The lowest BCUT2D eigenvalue weighted by molar-refractivity contribution is -0.289. The summed E-state index contributed by atoms with van der Waals surface area (Å²) in [5, 5.41) is 0. The molecule has 0 aliphatic rings. The summed E-state index contributed by atoms with van der Waals surface area (Å²) in [5.41, 5.74) is -3.40. The van der Waals surface area contributed by atoms with Crippen LogP contribution < -0.4 is 0 Å². The van der Waals surface area contributed by atoms with Gasteiger partial charge in [-0.3, -0.25) is 0 Å². The predicted octanol–water partition coefficient (Wildman–Crippen LogP) is 3.06. The van der Waals surface area contributed by atoms with E-state index in [9.17, 15) is 39.6 Å². The Balaban J connectivity index is 3.77. The van der Waals surface area contributed by atoms with Crippen LogP contribution in [0, 0.1) is 5.82 Å². The fraction of sp³-hybridized carbons (Fsp3) is 0.417. The predicted molar refractivity (Wildman–Crippen MR) is 65.4 cm³/mol. The third-order valence-corrected chi connectivity index (χ3v) is 3.77. The zero-order valence-electron chi connectivity index (χ0n) is 11.7. The minimum absolute atomic E-state index is 0.109. The van der Waals surface area contributed by atoms with Gasteiger partial charge in [0.25, 0.3) is 0 Å². The number of ether oxygens (including phenoxy) is 1. The van der Waals surface area contributed by atoms with Gasteiger partial charge in [0.15, 0.2) is 9.84 Å². The molecule has 0 N–H and O–H groups in total. The standard InChI is InChI=1S/C12H10F6O4S/c1-3-22-10(19)6-4-9(23(2,20)21)8(13)5-7(6)11(14,15)12(16,17)18/h4-5H,3H2,1-2H3. The molecule has 0 unspecified atom stereocenters. The van der Waals surface area contributed by atoms with Crippen LogP contribution in [0.5, 0.6) is 0 Å². The Morgan fingerprint density at radius 2 is 1.70 bits per heavy atom. The first kappa shape index (κ1) is 19.3. The average Bonchev–Trinajstić information content (AvgIpc) is 2.35. The van der Waals surface area contributed by atoms with E-state index in [1.165, 1.54) is 6.92 Å². The lowest BCUT2D eigenvalue weighted by Gasteiger charge is -2.22. The monoisotopic (exact) mass is 364 g/mol. The van der Waals surface area contributed by atoms with Crippen molar-refractivity contribution in [3.05, 3.63) is 29.1 Å². The van der Waals surface area contributed by atoms with Crippen LogP contribution >= 0.6 is 0 Å². The van der Waals surface area contributed by atoms with Gasteiger partial charge in [-0.1, -0.05) is 0 Å². The van der Waals surface area contributed by atoms with Crippen LogP contribution in [0.3, 0.4) is 0 Å². The molecule has 1 aromatic rings. The summed E-state index contributed by atoms with van der Waals surface area (Å²) in [5.74, 6) is -9.04. The van der Waals surface area contributed by atoms with Crippen molar-refractivity contribution in [2.45, 2.75) is 23.9 Å². The van der Waals surface area contributed by atoms with Gasteiger partial charge in [-0.25, -0.2) is 17.6 Å². The minimum Gasteiger partial charge on any atom is -0.462 e. The van der Waals surface area contributed by atoms with E-state index < -0.39 is 49.7 Å². The largest absolute Gasteiger partial charge is 0.462 e. The lowest BCUT2D eigenvalue weighted by Crippen LogP contribution is -2.35. The molecular weight excluding hydrogens is 354 g/mol. The summed E-state index contributed by atoms with van der Waals surface area (Å²) in [7, 11) is -4.31. The third kappa shape index (κ3) is 3.77. The molecule has 1 rings (SSSR count). The van der Waals surface area contributed by atoms with Gasteiger partial charge < -0.3 is 4.74 Å². The van der Waals surface area contributed by atoms with Crippen LogP contribution in [-0.2, 0) is 20.5 Å². The van der Waals surface area contributed by atoms with Gasteiger partial charge in [0.05, 0.1) is 12.2 Å². The van der Waals surface area contributed by atoms with Crippen molar-refractivity contribution in [2.75, 3.05) is 12.9 Å². The highest BCUT2D eigenvalue weighted by atomic mass is 32.2. The van der Waals surface area contributed by atoms with Crippen molar-refractivity contribution in [3.8, 4) is 0 Å². The Kier molecular flexibility index (Phi) is 5.04. The molecule has 0 bridgehead atoms. The second-order valence-corrected chi connectivity index (χ2v) is 6.38. The Bertz CT molecular complexity index is 724. The Labute approximate surface area is 127 Å². The molecule has 23 heavy (non-hydrogen) atoms. The summed E-state index contributed by atoms with van der Waals surface area (Å²) in [6.45, 7) is 0.877. The van der Waals surface area contributed by atoms with Gasteiger partial charge in [-0.05, 0) is 19.1 Å². The first-order chi connectivity index (χ1) is 10.2. The van der Waals surface area contributed by atoms with Crippen molar-refractivity contribution in [2.24, 2.45) is 0 Å². The summed E-state index contributed by atoms with van der Waals surface area (Å²) >= 11 is 0. The molecule has 0 atom stereocenters. The number of carbonyl (C=O) groups is 1. The Morgan fingerprint density at radius 1 is 1.17 bits per heavy atom. The number of esters is 1. The first-order valence-corrected chi connectivity index (χ1v) is 7.78. The van der Waals surface area contributed by atoms with Crippen molar-refractivity contribution in [1.82, 2.24) is 0 Å². The summed E-state index contributed by atoms with van der Waals surface area (Å²) < 4.78 is 105. The number of halogens is 6. The van der Waals surface area contributed by atoms with Gasteiger partial charge in [0.1, 0.15) is 10.7 Å². The van der Waals surface area contributed by atoms with E-state index in [2.05, 4.69) is 4.74 Å². The van der Waals surface area contributed by atoms with Crippen LogP contribution in [0.2, 0.25) is 0 Å². The highest BCUT2D eigenvalue weighted by Crippen LogP contribution is 2.46. The van der Waals surface area contributed by atoms with E-state index in [4.69, 9.17) is 0 Å². The number of sulfone groups is 1. The topological polar surface area (TPSA) is 60.4 Å². The maximum atomic E-state index is 13.7. The number of hydrogen-bond donors (Lipinski definition) is 0. The molecule has 0 spiro atoms. The van der Waals surface area contributed by atoms with Crippen molar-refractivity contribution in [3.63, 3.8) is 0 Å². The van der Waals surface area contributed by atoms with Crippen LogP contribution in [-0.4, -0.2) is 33.4 Å². The Hall–Kier alpha value is -1.78. The van der Waals surface area contributed by atoms with E-state index in [-0.39, 0.29) is 18.7 Å². The lowest BCUT2D eigenvalue weighted by atomic mass is 10.0.